The number of hydrogen-bond donors (Lipinski definition) is 0. The third-order valence-corrected chi connectivity index (χ3v) is 4.27. The summed E-state index contributed by atoms with van der Waals surface area (Å²) in [6.07, 6.45) is 2.95. The monoisotopic (exact) mass is 353 g/mol. The molecule has 6 heteroatoms. The van der Waals surface area contributed by atoms with E-state index in [0.717, 1.165) is 16.9 Å². The predicted molar refractivity (Wildman–Crippen MR) is 95.2 cm³/mol. The summed E-state index contributed by atoms with van der Waals surface area (Å²) in [7, 11) is 0. The summed E-state index contributed by atoms with van der Waals surface area (Å²) in [4.78, 5) is 4.07. The summed E-state index contributed by atoms with van der Waals surface area (Å²) in [5, 5.41) is 4.68. The van der Waals surface area contributed by atoms with Gasteiger partial charge in [0, 0.05) is 23.4 Å². The van der Waals surface area contributed by atoms with Crippen molar-refractivity contribution in [1.82, 2.24) is 14.8 Å². The molecule has 1 aliphatic heterocycles. The topological polar surface area (TPSA) is 49.2 Å². The van der Waals surface area contributed by atoms with E-state index in [2.05, 4.69) is 23.9 Å². The first-order valence-corrected chi connectivity index (χ1v) is 8.51. The lowest BCUT2D eigenvalue weighted by Gasteiger charge is -2.33. The van der Waals surface area contributed by atoms with E-state index in [1.807, 2.05) is 18.2 Å². The Morgan fingerprint density at radius 3 is 2.35 bits per heavy atom. The van der Waals surface area contributed by atoms with E-state index in [4.69, 9.17) is 9.47 Å². The average molecular weight is 353 g/mol. The van der Waals surface area contributed by atoms with Gasteiger partial charge in [-0.3, -0.25) is 4.98 Å². The van der Waals surface area contributed by atoms with Crippen molar-refractivity contribution in [2.45, 2.75) is 20.1 Å². The highest BCUT2D eigenvalue weighted by Gasteiger charge is 2.31. The van der Waals surface area contributed by atoms with E-state index in [0.29, 0.717) is 18.9 Å². The molecule has 2 aromatic heterocycles. The molecule has 3 aromatic rings. The van der Waals surface area contributed by atoms with Crippen LogP contribution in [0, 0.1) is 11.2 Å². The molecule has 0 amide bonds. The zero-order chi connectivity index (χ0) is 18.1. The molecule has 5 nitrogen and oxygen atoms in total. The zero-order valence-corrected chi connectivity index (χ0v) is 14.7. The average Bonchev–Trinajstić information content (AvgIpc) is 3.08. The van der Waals surface area contributed by atoms with E-state index in [1.165, 1.54) is 12.1 Å². The van der Waals surface area contributed by atoms with E-state index >= 15 is 0 Å². The van der Waals surface area contributed by atoms with E-state index in [1.54, 1.807) is 29.2 Å². The van der Waals surface area contributed by atoms with Gasteiger partial charge in [0.15, 0.2) is 0 Å². The predicted octanol–water partition coefficient (Wildman–Crippen LogP) is 4.15. The van der Waals surface area contributed by atoms with Crippen LogP contribution >= 0.6 is 0 Å². The van der Waals surface area contributed by atoms with Crippen molar-refractivity contribution in [3.8, 4) is 16.9 Å². The van der Waals surface area contributed by atoms with Gasteiger partial charge in [-0.05, 0) is 42.5 Å². The number of hydrogen-bond acceptors (Lipinski definition) is 4. The maximum atomic E-state index is 13.3. The Kier molecular flexibility index (Phi) is 4.30. The highest BCUT2D eigenvalue weighted by atomic mass is 19.1. The van der Waals surface area contributed by atoms with Gasteiger partial charge in [-0.15, -0.1) is 0 Å². The van der Waals surface area contributed by atoms with Crippen LogP contribution in [0.4, 0.5) is 4.39 Å². The molecule has 0 aliphatic carbocycles. The van der Waals surface area contributed by atoms with Gasteiger partial charge in [0.2, 0.25) is 6.29 Å². The molecule has 0 bridgehead atoms. The summed E-state index contributed by atoms with van der Waals surface area (Å²) in [6, 6.07) is 12.0. The van der Waals surface area contributed by atoms with Crippen LogP contribution in [0.15, 0.2) is 54.9 Å². The SMILES string of the molecule is CC1(C)COC(c2cc(-c3ccncc3)n(-c3ccc(F)cc3)n2)OC1. The maximum absolute atomic E-state index is 13.3. The van der Waals surface area contributed by atoms with Gasteiger partial charge in [0.1, 0.15) is 11.5 Å². The molecule has 0 N–H and O–H groups in total. The lowest BCUT2D eigenvalue weighted by atomic mass is 9.95. The molecule has 1 aliphatic rings. The Labute approximate surface area is 151 Å². The molecular weight excluding hydrogens is 333 g/mol. The number of rotatable bonds is 3. The van der Waals surface area contributed by atoms with E-state index in [-0.39, 0.29) is 11.2 Å². The fourth-order valence-corrected chi connectivity index (χ4v) is 2.89. The quantitative estimate of drug-likeness (QED) is 0.710. The Morgan fingerprint density at radius 1 is 1.04 bits per heavy atom. The largest absolute Gasteiger partial charge is 0.346 e. The van der Waals surface area contributed by atoms with Crippen LogP contribution in [0.3, 0.4) is 0 Å². The Morgan fingerprint density at radius 2 is 1.69 bits per heavy atom. The molecule has 3 heterocycles. The number of halogens is 1. The molecule has 0 saturated carbocycles. The van der Waals surface area contributed by atoms with Crippen molar-refractivity contribution >= 4 is 0 Å². The van der Waals surface area contributed by atoms with E-state index in [9.17, 15) is 4.39 Å². The molecule has 134 valence electrons. The van der Waals surface area contributed by atoms with Crippen molar-refractivity contribution in [3.05, 3.63) is 66.4 Å². The van der Waals surface area contributed by atoms with Gasteiger partial charge in [-0.25, -0.2) is 9.07 Å². The van der Waals surface area contributed by atoms with Crippen LogP contribution in [0.25, 0.3) is 16.9 Å². The Bertz CT molecular complexity index is 881. The summed E-state index contributed by atoms with van der Waals surface area (Å²) in [6.45, 7) is 5.41. The summed E-state index contributed by atoms with van der Waals surface area (Å²) >= 11 is 0. The summed E-state index contributed by atoms with van der Waals surface area (Å²) in [5.74, 6) is -0.284. The van der Waals surface area contributed by atoms with Crippen LogP contribution in [0.2, 0.25) is 0 Å². The van der Waals surface area contributed by atoms with Crippen molar-refractivity contribution in [1.29, 1.82) is 0 Å². The van der Waals surface area contributed by atoms with Gasteiger partial charge in [0.05, 0.1) is 24.6 Å². The second kappa shape index (κ2) is 6.63. The molecule has 1 saturated heterocycles. The van der Waals surface area contributed by atoms with Gasteiger partial charge >= 0.3 is 0 Å². The molecule has 4 rings (SSSR count). The highest BCUT2D eigenvalue weighted by Crippen LogP contribution is 2.33. The number of ether oxygens (including phenoxy) is 2. The van der Waals surface area contributed by atoms with E-state index < -0.39 is 6.29 Å². The first-order chi connectivity index (χ1) is 12.5. The second-order valence-corrected chi connectivity index (χ2v) is 7.20. The van der Waals surface area contributed by atoms with Gasteiger partial charge in [0.25, 0.3) is 0 Å². The maximum Gasteiger partial charge on any atom is 0.202 e. The molecule has 1 aromatic carbocycles. The number of aromatic nitrogens is 3. The number of nitrogens with zero attached hydrogens (tertiary/aromatic N) is 3. The van der Waals surface area contributed by atoms with Gasteiger partial charge < -0.3 is 9.47 Å². The zero-order valence-electron chi connectivity index (χ0n) is 14.7. The normalized spacial score (nSPS) is 17.3. The van der Waals surface area contributed by atoms with Crippen molar-refractivity contribution in [2.24, 2.45) is 5.41 Å². The molecule has 0 spiro atoms. The van der Waals surface area contributed by atoms with Crippen LogP contribution in [-0.2, 0) is 9.47 Å². The fourth-order valence-electron chi connectivity index (χ4n) is 2.89. The van der Waals surface area contributed by atoms with Gasteiger partial charge in [-0.2, -0.15) is 5.10 Å². The lowest BCUT2D eigenvalue weighted by Crippen LogP contribution is -2.33. The number of pyridine rings is 1. The van der Waals surface area contributed by atoms with Crippen LogP contribution in [0.5, 0.6) is 0 Å². The van der Waals surface area contributed by atoms with Crippen LogP contribution < -0.4 is 0 Å². The molecule has 1 fully saturated rings. The molecule has 0 atom stereocenters. The molecule has 0 radical (unpaired) electrons. The van der Waals surface area contributed by atoms with Crippen LogP contribution in [0.1, 0.15) is 25.8 Å². The minimum atomic E-state index is -0.509. The van der Waals surface area contributed by atoms with Gasteiger partial charge in [-0.1, -0.05) is 13.8 Å². The first-order valence-electron chi connectivity index (χ1n) is 8.51. The summed E-state index contributed by atoms with van der Waals surface area (Å²) in [5.41, 5.74) is 3.27. The smallest absolute Gasteiger partial charge is 0.202 e. The lowest BCUT2D eigenvalue weighted by molar-refractivity contribution is -0.228. The highest BCUT2D eigenvalue weighted by molar-refractivity contribution is 5.62. The Balaban J connectivity index is 1.74. The van der Waals surface area contributed by atoms with Crippen LogP contribution in [-0.4, -0.2) is 28.0 Å². The third-order valence-electron chi connectivity index (χ3n) is 4.27. The van der Waals surface area contributed by atoms with Crippen molar-refractivity contribution < 1.29 is 13.9 Å². The molecular formula is C20H20FN3O2. The fraction of sp³-hybridized carbons (Fsp3) is 0.300. The third kappa shape index (κ3) is 3.38. The Hall–Kier alpha value is -2.57. The summed E-state index contributed by atoms with van der Waals surface area (Å²) < 4.78 is 26.8. The second-order valence-electron chi connectivity index (χ2n) is 7.20. The molecule has 0 unspecified atom stereocenters. The standard InChI is InChI=1S/C20H20FN3O2/c1-20(2)12-25-19(26-13-20)17-11-18(14-7-9-22-10-8-14)24(23-17)16-5-3-15(21)4-6-16/h3-11,19H,12-13H2,1-2H3. The van der Waals surface area contributed by atoms with Crippen molar-refractivity contribution in [3.63, 3.8) is 0 Å². The van der Waals surface area contributed by atoms with Crippen molar-refractivity contribution in [2.75, 3.05) is 13.2 Å². The number of benzene rings is 1. The minimum Gasteiger partial charge on any atom is -0.346 e. The molecule has 26 heavy (non-hydrogen) atoms. The minimum absolute atomic E-state index is 0.00997. The first kappa shape index (κ1) is 16.9.